The van der Waals surface area contributed by atoms with Crippen LogP contribution in [-0.2, 0) is 14.6 Å². The molecule has 1 aromatic carbocycles. The van der Waals surface area contributed by atoms with Gasteiger partial charge in [0, 0.05) is 5.57 Å². The maximum Gasteiger partial charge on any atom is 0.411 e. The van der Waals surface area contributed by atoms with E-state index in [0.717, 1.165) is 5.56 Å². The van der Waals surface area contributed by atoms with E-state index in [4.69, 9.17) is 4.74 Å². The van der Waals surface area contributed by atoms with Crippen LogP contribution < -0.4 is 0 Å². The molecule has 2 heterocycles. The molecule has 0 aromatic heterocycles. The SMILES string of the molecule is Cc1ccc(S(=O)(=O)C2=C(C(C)(C)O)[C@H]3CC[C@@H]2N3C(=O)OC(C)(C)C)cc1. The van der Waals surface area contributed by atoms with Crippen LogP contribution in [0.3, 0.4) is 0 Å². The number of rotatable bonds is 3. The molecule has 2 atom stereocenters. The molecule has 0 unspecified atom stereocenters. The molecule has 2 aliphatic heterocycles. The van der Waals surface area contributed by atoms with Crippen molar-refractivity contribution in [2.45, 2.75) is 82.6 Å². The smallest absolute Gasteiger partial charge is 0.411 e. The van der Waals surface area contributed by atoms with Crippen LogP contribution in [0.5, 0.6) is 0 Å². The lowest BCUT2D eigenvalue weighted by atomic mass is 9.87. The molecule has 2 aliphatic rings. The molecule has 0 radical (unpaired) electrons. The number of sulfone groups is 1. The molecule has 1 fully saturated rings. The molecule has 2 bridgehead atoms. The lowest BCUT2D eigenvalue weighted by Crippen LogP contribution is -2.42. The first kappa shape index (κ1) is 20.9. The number of hydrogen-bond acceptors (Lipinski definition) is 5. The second kappa shape index (κ2) is 6.59. The van der Waals surface area contributed by atoms with Gasteiger partial charge in [0.2, 0.25) is 9.84 Å². The van der Waals surface area contributed by atoms with E-state index in [-0.39, 0.29) is 9.80 Å². The summed E-state index contributed by atoms with van der Waals surface area (Å²) in [6, 6.07) is 5.54. The van der Waals surface area contributed by atoms with E-state index in [1.807, 2.05) is 6.92 Å². The van der Waals surface area contributed by atoms with Crippen molar-refractivity contribution >= 4 is 15.9 Å². The van der Waals surface area contributed by atoms with Gasteiger partial charge in [0.25, 0.3) is 0 Å². The summed E-state index contributed by atoms with van der Waals surface area (Å²) in [5.74, 6) is 0. The van der Waals surface area contributed by atoms with Gasteiger partial charge in [0.1, 0.15) is 5.60 Å². The van der Waals surface area contributed by atoms with Crippen molar-refractivity contribution in [3.63, 3.8) is 0 Å². The molecule has 0 aliphatic carbocycles. The quantitative estimate of drug-likeness (QED) is 0.828. The average molecular weight is 408 g/mol. The minimum atomic E-state index is -3.86. The summed E-state index contributed by atoms with van der Waals surface area (Å²) < 4.78 is 32.5. The van der Waals surface area contributed by atoms with Gasteiger partial charge in [-0.15, -0.1) is 0 Å². The number of amides is 1. The molecule has 3 rings (SSSR count). The van der Waals surface area contributed by atoms with Crippen LogP contribution in [0.2, 0.25) is 0 Å². The van der Waals surface area contributed by atoms with Crippen molar-refractivity contribution in [1.29, 1.82) is 0 Å². The average Bonchev–Trinajstić information content (AvgIpc) is 3.09. The third-order valence-corrected chi connectivity index (χ3v) is 7.13. The van der Waals surface area contributed by atoms with Gasteiger partial charge in [-0.05, 0) is 66.5 Å². The number of benzene rings is 1. The predicted octanol–water partition coefficient (Wildman–Crippen LogP) is 3.58. The number of carbonyl (C=O) groups is 1. The van der Waals surface area contributed by atoms with Crippen LogP contribution >= 0.6 is 0 Å². The minimum Gasteiger partial charge on any atom is -0.444 e. The number of fused-ring (bicyclic) bond motifs is 2. The van der Waals surface area contributed by atoms with Crippen LogP contribution in [0.1, 0.15) is 53.0 Å². The maximum absolute atomic E-state index is 13.5. The van der Waals surface area contributed by atoms with E-state index in [0.29, 0.717) is 18.4 Å². The van der Waals surface area contributed by atoms with Gasteiger partial charge >= 0.3 is 6.09 Å². The number of ether oxygens (including phenoxy) is 1. The summed E-state index contributed by atoms with van der Waals surface area (Å²) in [6.07, 6.45) is 0.593. The zero-order valence-corrected chi connectivity index (χ0v) is 18.1. The molecule has 154 valence electrons. The lowest BCUT2D eigenvalue weighted by molar-refractivity contribution is 0.0205. The standard InChI is InChI=1S/C21H29NO5S/c1-13-7-9-14(10-8-13)28(25,26)18-16-12-11-15(17(18)21(5,6)24)22(16)19(23)27-20(2,3)4/h7-10,15-16,24H,11-12H2,1-6H3/t15-,16+/m1/s1. The van der Waals surface area contributed by atoms with Crippen molar-refractivity contribution < 1.29 is 23.1 Å². The van der Waals surface area contributed by atoms with Crippen molar-refractivity contribution in [3.05, 3.63) is 40.3 Å². The third-order valence-electron chi connectivity index (χ3n) is 5.17. The predicted molar refractivity (Wildman–Crippen MR) is 107 cm³/mol. The van der Waals surface area contributed by atoms with Gasteiger partial charge in [-0.25, -0.2) is 13.2 Å². The first-order valence-corrected chi connectivity index (χ1v) is 11.0. The molecule has 1 saturated heterocycles. The summed E-state index contributed by atoms with van der Waals surface area (Å²) in [7, 11) is -3.86. The Morgan fingerprint density at radius 1 is 1.07 bits per heavy atom. The van der Waals surface area contributed by atoms with Gasteiger partial charge in [-0.1, -0.05) is 17.7 Å². The molecule has 1 amide bonds. The van der Waals surface area contributed by atoms with Gasteiger partial charge < -0.3 is 9.84 Å². The Morgan fingerprint density at radius 3 is 2.11 bits per heavy atom. The highest BCUT2D eigenvalue weighted by Crippen LogP contribution is 2.49. The Morgan fingerprint density at radius 2 is 1.61 bits per heavy atom. The highest BCUT2D eigenvalue weighted by atomic mass is 32.2. The maximum atomic E-state index is 13.5. The summed E-state index contributed by atoms with van der Waals surface area (Å²) in [4.78, 5) is 14.7. The molecule has 7 heteroatoms. The Balaban J connectivity index is 2.11. The number of hydrogen-bond donors (Lipinski definition) is 1. The Bertz CT molecular complexity index is 917. The number of aryl methyl sites for hydroxylation is 1. The molecular weight excluding hydrogens is 378 g/mol. The highest BCUT2D eigenvalue weighted by Gasteiger charge is 2.56. The second-order valence-corrected chi connectivity index (χ2v) is 11.1. The van der Waals surface area contributed by atoms with Gasteiger partial charge in [-0.2, -0.15) is 0 Å². The van der Waals surface area contributed by atoms with Crippen LogP contribution in [0.25, 0.3) is 0 Å². The number of aliphatic hydroxyl groups is 1. The second-order valence-electron chi connectivity index (χ2n) is 9.15. The first-order valence-electron chi connectivity index (χ1n) is 9.53. The van der Waals surface area contributed by atoms with Crippen molar-refractivity contribution in [1.82, 2.24) is 4.90 Å². The van der Waals surface area contributed by atoms with Gasteiger partial charge in [0.05, 0.1) is 27.5 Å². The zero-order chi connectivity index (χ0) is 21.1. The van der Waals surface area contributed by atoms with E-state index in [1.54, 1.807) is 58.9 Å². The largest absolute Gasteiger partial charge is 0.444 e. The molecule has 0 saturated carbocycles. The van der Waals surface area contributed by atoms with E-state index in [1.165, 1.54) is 4.90 Å². The monoisotopic (exact) mass is 407 g/mol. The fraction of sp³-hybridized carbons (Fsp3) is 0.571. The van der Waals surface area contributed by atoms with Crippen LogP contribution in [-0.4, -0.2) is 47.8 Å². The molecule has 28 heavy (non-hydrogen) atoms. The molecule has 6 nitrogen and oxygen atoms in total. The number of carbonyl (C=O) groups excluding carboxylic acids is 1. The summed E-state index contributed by atoms with van der Waals surface area (Å²) in [6.45, 7) is 10.4. The molecule has 0 spiro atoms. The minimum absolute atomic E-state index is 0.144. The van der Waals surface area contributed by atoms with Crippen LogP contribution in [0, 0.1) is 6.92 Å². The lowest BCUT2D eigenvalue weighted by Gasteiger charge is -2.30. The van der Waals surface area contributed by atoms with E-state index >= 15 is 0 Å². The van der Waals surface area contributed by atoms with E-state index < -0.39 is 39.2 Å². The Kier molecular flexibility index (Phi) is 4.91. The zero-order valence-electron chi connectivity index (χ0n) is 17.3. The Labute approximate surface area is 167 Å². The normalized spacial score (nSPS) is 22.8. The van der Waals surface area contributed by atoms with Gasteiger partial charge in [-0.3, -0.25) is 4.90 Å². The van der Waals surface area contributed by atoms with E-state index in [9.17, 15) is 18.3 Å². The fourth-order valence-electron chi connectivity index (χ4n) is 4.14. The topological polar surface area (TPSA) is 83.9 Å². The first-order chi connectivity index (χ1) is 12.7. The van der Waals surface area contributed by atoms with Crippen molar-refractivity contribution in [2.75, 3.05) is 0 Å². The summed E-state index contributed by atoms with van der Waals surface area (Å²) in [5.41, 5.74) is -0.703. The van der Waals surface area contributed by atoms with Crippen molar-refractivity contribution in [3.8, 4) is 0 Å². The van der Waals surface area contributed by atoms with Crippen LogP contribution in [0.15, 0.2) is 39.6 Å². The number of nitrogens with zero attached hydrogens (tertiary/aromatic N) is 1. The van der Waals surface area contributed by atoms with Crippen molar-refractivity contribution in [2.24, 2.45) is 0 Å². The molecule has 1 N–H and O–H groups in total. The van der Waals surface area contributed by atoms with E-state index in [2.05, 4.69) is 0 Å². The van der Waals surface area contributed by atoms with Gasteiger partial charge in [0.15, 0.2) is 0 Å². The molecular formula is C21H29NO5S. The van der Waals surface area contributed by atoms with Crippen LogP contribution in [0.4, 0.5) is 4.79 Å². The summed E-state index contributed by atoms with van der Waals surface area (Å²) >= 11 is 0. The third kappa shape index (κ3) is 3.57. The summed E-state index contributed by atoms with van der Waals surface area (Å²) in [5, 5.41) is 10.8. The fourth-order valence-corrected chi connectivity index (χ4v) is 6.16. The highest BCUT2D eigenvalue weighted by molar-refractivity contribution is 7.95. The molecule has 1 aromatic rings. The Hall–Kier alpha value is -1.86.